The Labute approximate surface area is 174 Å². The first kappa shape index (κ1) is 23.2. The van der Waals surface area contributed by atoms with Gasteiger partial charge in [-0.1, -0.05) is 43.7 Å². The Morgan fingerprint density at radius 2 is 1.90 bits per heavy atom. The first-order valence-electron chi connectivity index (χ1n) is 10.7. The zero-order valence-corrected chi connectivity index (χ0v) is 17.9. The third-order valence-electron chi connectivity index (χ3n) is 4.92. The van der Waals surface area contributed by atoms with Crippen molar-refractivity contribution in [3.05, 3.63) is 35.9 Å². The summed E-state index contributed by atoms with van der Waals surface area (Å²) in [4.78, 5) is 19.3. The van der Waals surface area contributed by atoms with Crippen molar-refractivity contribution >= 4 is 11.9 Å². The van der Waals surface area contributed by atoms with Crippen molar-refractivity contribution < 1.29 is 14.3 Å². The van der Waals surface area contributed by atoms with Gasteiger partial charge in [0.05, 0.1) is 19.1 Å². The molecule has 1 aromatic carbocycles. The van der Waals surface area contributed by atoms with Crippen LogP contribution in [0.1, 0.15) is 37.7 Å². The van der Waals surface area contributed by atoms with Gasteiger partial charge in [-0.25, -0.2) is 0 Å². The summed E-state index contributed by atoms with van der Waals surface area (Å²) in [5.74, 6) is 0.575. The summed E-state index contributed by atoms with van der Waals surface area (Å²) >= 11 is 0. The highest BCUT2D eigenvalue weighted by Crippen LogP contribution is 2.18. The number of aliphatic imine (C=N–C) groups is 1. The van der Waals surface area contributed by atoms with Crippen LogP contribution in [0.3, 0.4) is 0 Å². The second kappa shape index (κ2) is 14.0. The lowest BCUT2D eigenvalue weighted by Gasteiger charge is -2.31. The Balaban J connectivity index is 1.85. The zero-order valence-electron chi connectivity index (χ0n) is 17.9. The summed E-state index contributed by atoms with van der Waals surface area (Å²) in [5, 5.41) is 6.62. The minimum Gasteiger partial charge on any atom is -0.381 e. The molecule has 7 heteroatoms. The van der Waals surface area contributed by atoms with Crippen LogP contribution < -0.4 is 10.6 Å². The predicted octanol–water partition coefficient (Wildman–Crippen LogP) is 2.00. The molecule has 0 aromatic heterocycles. The smallest absolute Gasteiger partial charge is 0.232 e. The Bertz CT molecular complexity index is 603. The van der Waals surface area contributed by atoms with E-state index in [1.54, 1.807) is 7.05 Å². The highest BCUT2D eigenvalue weighted by atomic mass is 16.5. The molecule has 0 saturated carbocycles. The van der Waals surface area contributed by atoms with Crippen LogP contribution in [0.5, 0.6) is 0 Å². The summed E-state index contributed by atoms with van der Waals surface area (Å²) in [6.07, 6.45) is 3.18. The number of unbranched alkanes of at least 4 members (excludes halogenated alkanes) is 1. The molecule has 1 unspecified atom stereocenters. The van der Waals surface area contributed by atoms with Gasteiger partial charge >= 0.3 is 0 Å². The van der Waals surface area contributed by atoms with Crippen LogP contribution in [-0.4, -0.2) is 76.4 Å². The SMILES string of the molecule is CCCCOCCCNC(=NC)NCC(C(=O)N1CCOCC1)c1ccccc1. The van der Waals surface area contributed by atoms with Crippen molar-refractivity contribution in [3.63, 3.8) is 0 Å². The van der Waals surface area contributed by atoms with E-state index in [9.17, 15) is 4.79 Å². The largest absolute Gasteiger partial charge is 0.381 e. The molecule has 0 aliphatic carbocycles. The topological polar surface area (TPSA) is 75.2 Å². The maximum Gasteiger partial charge on any atom is 0.232 e. The van der Waals surface area contributed by atoms with Crippen LogP contribution in [0.2, 0.25) is 0 Å². The number of morpholine rings is 1. The molecule has 1 aliphatic heterocycles. The Morgan fingerprint density at radius 1 is 1.17 bits per heavy atom. The van der Waals surface area contributed by atoms with Crippen LogP contribution in [0.4, 0.5) is 0 Å². The second-order valence-electron chi connectivity index (χ2n) is 7.10. The van der Waals surface area contributed by atoms with Gasteiger partial charge in [0.1, 0.15) is 0 Å². The van der Waals surface area contributed by atoms with Gasteiger partial charge < -0.3 is 25.0 Å². The highest BCUT2D eigenvalue weighted by molar-refractivity contribution is 5.86. The quantitative estimate of drug-likeness (QED) is 0.335. The molecular weight excluding hydrogens is 368 g/mol. The molecule has 0 bridgehead atoms. The third kappa shape index (κ3) is 8.41. The molecule has 2 N–H and O–H groups in total. The molecule has 1 amide bonds. The molecule has 1 heterocycles. The average Bonchev–Trinajstić information content (AvgIpc) is 2.78. The monoisotopic (exact) mass is 404 g/mol. The van der Waals surface area contributed by atoms with E-state index in [1.807, 2.05) is 35.2 Å². The van der Waals surface area contributed by atoms with Gasteiger partial charge in [-0.2, -0.15) is 0 Å². The number of benzene rings is 1. The molecule has 1 atom stereocenters. The summed E-state index contributed by atoms with van der Waals surface area (Å²) < 4.78 is 11.0. The number of carbonyl (C=O) groups excluding carboxylic acids is 1. The Hall–Kier alpha value is -2.12. The van der Waals surface area contributed by atoms with Crippen LogP contribution in [-0.2, 0) is 14.3 Å². The molecule has 0 radical (unpaired) electrons. The average molecular weight is 405 g/mol. The highest BCUT2D eigenvalue weighted by Gasteiger charge is 2.27. The van der Waals surface area contributed by atoms with Gasteiger partial charge in [0.15, 0.2) is 5.96 Å². The predicted molar refractivity (Wildman–Crippen MR) is 116 cm³/mol. The number of amides is 1. The number of guanidine groups is 1. The molecular formula is C22H36N4O3. The number of carbonyl (C=O) groups is 1. The van der Waals surface area contributed by atoms with Crippen molar-refractivity contribution in [2.75, 3.05) is 59.7 Å². The molecule has 1 aliphatic rings. The molecule has 0 spiro atoms. The van der Waals surface area contributed by atoms with Gasteiger partial charge in [-0.15, -0.1) is 0 Å². The summed E-state index contributed by atoms with van der Waals surface area (Å²) in [7, 11) is 1.74. The summed E-state index contributed by atoms with van der Waals surface area (Å²) in [5.41, 5.74) is 1.01. The van der Waals surface area contributed by atoms with Gasteiger partial charge in [0.25, 0.3) is 0 Å². The van der Waals surface area contributed by atoms with Crippen molar-refractivity contribution in [1.82, 2.24) is 15.5 Å². The Morgan fingerprint density at radius 3 is 2.59 bits per heavy atom. The normalized spacial score (nSPS) is 15.8. The van der Waals surface area contributed by atoms with Crippen LogP contribution >= 0.6 is 0 Å². The fourth-order valence-corrected chi connectivity index (χ4v) is 3.19. The lowest BCUT2D eigenvalue weighted by Crippen LogP contribution is -2.47. The lowest BCUT2D eigenvalue weighted by atomic mass is 9.97. The van der Waals surface area contributed by atoms with E-state index >= 15 is 0 Å². The van der Waals surface area contributed by atoms with E-state index in [0.717, 1.165) is 44.6 Å². The fourth-order valence-electron chi connectivity index (χ4n) is 3.19. The standard InChI is InChI=1S/C22H36N4O3/c1-3-4-14-28-15-8-11-24-22(23-2)25-18-20(19-9-6-5-7-10-19)21(27)26-12-16-29-17-13-26/h5-7,9-10,20H,3-4,8,11-18H2,1-2H3,(H2,23,24,25). The maximum atomic E-state index is 13.1. The second-order valence-corrected chi connectivity index (χ2v) is 7.10. The van der Waals surface area contributed by atoms with Gasteiger partial charge in [-0.3, -0.25) is 9.79 Å². The minimum absolute atomic E-state index is 0.131. The van der Waals surface area contributed by atoms with E-state index in [1.165, 1.54) is 0 Å². The number of hydrogen-bond acceptors (Lipinski definition) is 4. The van der Waals surface area contributed by atoms with Crippen molar-refractivity contribution in [3.8, 4) is 0 Å². The maximum absolute atomic E-state index is 13.1. The molecule has 1 fully saturated rings. The first-order chi connectivity index (χ1) is 14.3. The third-order valence-corrected chi connectivity index (χ3v) is 4.92. The summed E-state index contributed by atoms with van der Waals surface area (Å²) in [6.45, 7) is 7.49. The molecule has 1 aromatic rings. The summed E-state index contributed by atoms with van der Waals surface area (Å²) in [6, 6.07) is 9.93. The van der Waals surface area contributed by atoms with Crippen LogP contribution in [0.25, 0.3) is 0 Å². The molecule has 162 valence electrons. The zero-order chi connectivity index (χ0) is 20.7. The van der Waals surface area contributed by atoms with Crippen molar-refractivity contribution in [1.29, 1.82) is 0 Å². The number of nitrogens with zero attached hydrogens (tertiary/aromatic N) is 2. The Kier molecular flexibility index (Phi) is 11.1. The molecule has 7 nitrogen and oxygen atoms in total. The molecule has 2 rings (SSSR count). The van der Waals surface area contributed by atoms with Crippen molar-refractivity contribution in [2.24, 2.45) is 4.99 Å². The lowest BCUT2D eigenvalue weighted by molar-refractivity contribution is -0.136. The van der Waals surface area contributed by atoms with E-state index in [2.05, 4.69) is 22.5 Å². The van der Waals surface area contributed by atoms with Gasteiger partial charge in [0, 0.05) is 46.4 Å². The fraction of sp³-hybridized carbons (Fsp3) is 0.636. The molecule has 29 heavy (non-hydrogen) atoms. The van der Waals surface area contributed by atoms with E-state index in [0.29, 0.717) is 38.8 Å². The first-order valence-corrected chi connectivity index (χ1v) is 10.7. The number of nitrogens with one attached hydrogen (secondary N) is 2. The number of hydrogen-bond donors (Lipinski definition) is 2. The molecule has 1 saturated heterocycles. The van der Waals surface area contributed by atoms with Gasteiger partial charge in [-0.05, 0) is 18.4 Å². The minimum atomic E-state index is -0.259. The number of ether oxygens (including phenoxy) is 2. The van der Waals surface area contributed by atoms with Crippen LogP contribution in [0, 0.1) is 0 Å². The van der Waals surface area contributed by atoms with E-state index in [-0.39, 0.29) is 11.8 Å². The van der Waals surface area contributed by atoms with Crippen LogP contribution in [0.15, 0.2) is 35.3 Å². The van der Waals surface area contributed by atoms with E-state index in [4.69, 9.17) is 9.47 Å². The van der Waals surface area contributed by atoms with Crippen molar-refractivity contribution in [2.45, 2.75) is 32.1 Å². The van der Waals surface area contributed by atoms with E-state index < -0.39 is 0 Å². The van der Waals surface area contributed by atoms with Gasteiger partial charge in [0.2, 0.25) is 5.91 Å². The number of rotatable bonds is 11.